The lowest BCUT2D eigenvalue weighted by Gasteiger charge is -2.24. The molecule has 0 bridgehead atoms. The quantitative estimate of drug-likeness (QED) is 0.291. The van der Waals surface area contributed by atoms with Crippen LogP contribution in [0.1, 0.15) is 38.6 Å². The Morgan fingerprint density at radius 3 is 2.51 bits per heavy atom. The second-order valence-corrected chi connectivity index (χ2v) is 9.47. The molecule has 1 amide bonds. The van der Waals surface area contributed by atoms with Crippen molar-refractivity contribution in [3.8, 4) is 11.4 Å². The molecule has 10 nitrogen and oxygen atoms in total. The van der Waals surface area contributed by atoms with Crippen LogP contribution in [0.5, 0.6) is 0 Å². The summed E-state index contributed by atoms with van der Waals surface area (Å²) >= 11 is 0. The Labute approximate surface area is 229 Å². The number of nitrogens with zero attached hydrogens (tertiary/aromatic N) is 5. The third-order valence-corrected chi connectivity index (χ3v) is 6.88. The Morgan fingerprint density at radius 1 is 1.07 bits per heavy atom. The molecule has 212 valence electrons. The van der Waals surface area contributed by atoms with Crippen LogP contribution >= 0.6 is 0 Å². The molecule has 0 unspecified atom stereocenters. The van der Waals surface area contributed by atoms with Gasteiger partial charge in [-0.1, -0.05) is 24.3 Å². The van der Waals surface area contributed by atoms with E-state index in [1.165, 1.54) is 17.0 Å². The first-order chi connectivity index (χ1) is 19.4. The lowest BCUT2D eigenvalue weighted by Crippen LogP contribution is -2.56. The fourth-order valence-corrected chi connectivity index (χ4v) is 4.51. The topological polar surface area (TPSA) is 114 Å². The molecule has 0 radical (unpaired) electrons. The first-order valence-electron chi connectivity index (χ1n) is 12.4. The van der Waals surface area contributed by atoms with E-state index in [1.54, 1.807) is 48.7 Å². The van der Waals surface area contributed by atoms with Crippen molar-refractivity contribution >= 4 is 11.9 Å². The minimum absolute atomic E-state index is 0.0128. The summed E-state index contributed by atoms with van der Waals surface area (Å²) in [5.74, 6) is -3.77. The molecule has 1 aliphatic rings. The van der Waals surface area contributed by atoms with Crippen molar-refractivity contribution in [3.63, 3.8) is 0 Å². The minimum atomic E-state index is -5.28. The maximum atomic E-state index is 14.9. The van der Waals surface area contributed by atoms with E-state index in [0.29, 0.717) is 32.8 Å². The average Bonchev–Trinajstić information content (AvgIpc) is 3.31. The molecule has 0 atom stereocenters. The normalized spacial score (nSPS) is 13.2. The van der Waals surface area contributed by atoms with Crippen LogP contribution in [0.2, 0.25) is 0 Å². The van der Waals surface area contributed by atoms with Crippen LogP contribution in [-0.4, -0.2) is 49.4 Å². The number of aromatic amines is 1. The van der Waals surface area contributed by atoms with Crippen LogP contribution in [0, 0.1) is 19.7 Å². The number of benzene rings is 2. The number of carbonyl (C=O) groups is 2. The predicted molar refractivity (Wildman–Crippen MR) is 134 cm³/mol. The number of H-pyrrole nitrogens is 1. The van der Waals surface area contributed by atoms with Crippen molar-refractivity contribution < 1.29 is 36.8 Å². The van der Waals surface area contributed by atoms with Crippen LogP contribution < -0.4 is 15.2 Å². The van der Waals surface area contributed by atoms with Crippen molar-refractivity contribution in [3.05, 3.63) is 98.5 Å². The van der Waals surface area contributed by atoms with Crippen molar-refractivity contribution in [1.29, 1.82) is 0 Å². The summed E-state index contributed by atoms with van der Waals surface area (Å²) in [7, 11) is 0. The molecule has 4 aromatic rings. The van der Waals surface area contributed by atoms with Gasteiger partial charge in [-0.25, -0.2) is 23.7 Å². The molecule has 3 heterocycles. The first kappa shape index (κ1) is 27.7. The number of aromatic nitrogens is 5. The van der Waals surface area contributed by atoms with Gasteiger partial charge in [-0.2, -0.15) is 18.3 Å². The van der Waals surface area contributed by atoms with Gasteiger partial charge in [0.1, 0.15) is 18.9 Å². The van der Waals surface area contributed by atoms with Gasteiger partial charge in [0.2, 0.25) is 0 Å². The van der Waals surface area contributed by atoms with E-state index in [2.05, 4.69) is 20.1 Å². The third-order valence-electron chi connectivity index (χ3n) is 6.88. The molecule has 14 heteroatoms. The van der Waals surface area contributed by atoms with Gasteiger partial charge in [0.15, 0.2) is 0 Å². The van der Waals surface area contributed by atoms with E-state index in [9.17, 15) is 31.9 Å². The van der Waals surface area contributed by atoms with Crippen molar-refractivity contribution in [2.45, 2.75) is 39.5 Å². The Balaban J connectivity index is 1.46. The number of fused-ring (bicyclic) bond motifs is 1. The van der Waals surface area contributed by atoms with E-state index in [1.807, 2.05) is 0 Å². The predicted octanol–water partition coefficient (Wildman–Crippen LogP) is 2.44. The second-order valence-electron chi connectivity index (χ2n) is 9.47. The Bertz CT molecular complexity index is 1720. The number of halogens is 4. The fourth-order valence-electron chi connectivity index (χ4n) is 4.51. The highest BCUT2D eigenvalue weighted by Gasteiger charge is 2.46. The number of carbonyl (C=O) groups excluding carboxylic acids is 2. The van der Waals surface area contributed by atoms with E-state index in [0.717, 1.165) is 6.07 Å². The molecule has 0 aliphatic carbocycles. The average molecular weight is 572 g/mol. The smallest absolute Gasteiger partial charge is 0.322 e. The Kier molecular flexibility index (Phi) is 7.15. The monoisotopic (exact) mass is 571 g/mol. The van der Waals surface area contributed by atoms with Crippen LogP contribution in [0.3, 0.4) is 0 Å². The molecular formula is C27H23F4N6O4+. The maximum Gasteiger partial charge on any atom is 0.496 e. The highest BCUT2D eigenvalue weighted by atomic mass is 19.4. The molecular weight excluding hydrogens is 548 g/mol. The molecule has 2 aromatic carbocycles. The lowest BCUT2D eigenvalue weighted by molar-refractivity contribution is -0.919. The highest BCUT2D eigenvalue weighted by Crippen LogP contribution is 2.24. The maximum absolute atomic E-state index is 14.9. The molecule has 0 saturated carbocycles. The molecule has 0 saturated heterocycles. The van der Waals surface area contributed by atoms with Gasteiger partial charge in [0, 0.05) is 22.6 Å². The number of hydrogen-bond acceptors (Lipinski definition) is 6. The molecule has 0 fully saturated rings. The number of alkyl halides is 3. The van der Waals surface area contributed by atoms with Gasteiger partial charge in [-0.05, 0) is 49.2 Å². The van der Waals surface area contributed by atoms with E-state index in [-0.39, 0.29) is 48.8 Å². The van der Waals surface area contributed by atoms with Crippen molar-refractivity contribution in [2.24, 2.45) is 0 Å². The summed E-state index contributed by atoms with van der Waals surface area (Å²) < 4.78 is 55.4. The van der Waals surface area contributed by atoms with E-state index < -0.39 is 23.9 Å². The minimum Gasteiger partial charge on any atom is -0.322 e. The summed E-state index contributed by atoms with van der Waals surface area (Å²) in [5.41, 5.74) is 2.25. The fraction of sp³-hybridized carbons (Fsp3) is 0.259. The second kappa shape index (κ2) is 10.6. The zero-order chi connectivity index (χ0) is 29.5. The van der Waals surface area contributed by atoms with Gasteiger partial charge in [-0.15, -0.1) is 0 Å². The number of amides is 1. The lowest BCUT2D eigenvalue weighted by atomic mass is 10.0. The number of nitrogens with one attached hydrogen (secondary N) is 1. The summed E-state index contributed by atoms with van der Waals surface area (Å²) in [5, 5.41) is 10.5. The van der Waals surface area contributed by atoms with Gasteiger partial charge >= 0.3 is 18.0 Å². The summed E-state index contributed by atoms with van der Waals surface area (Å²) in [6.07, 6.45) is -5.06. The molecule has 2 aromatic heterocycles. The molecule has 1 aliphatic heterocycles. The van der Waals surface area contributed by atoms with E-state index >= 15 is 0 Å². The zero-order valence-corrected chi connectivity index (χ0v) is 21.8. The molecule has 1 N–H and O–H groups in total. The third kappa shape index (κ3) is 5.44. The van der Waals surface area contributed by atoms with Crippen LogP contribution in [0.4, 0.5) is 17.6 Å². The summed E-state index contributed by atoms with van der Waals surface area (Å²) in [6, 6.07) is 12.6. The highest BCUT2D eigenvalue weighted by molar-refractivity contribution is 5.94. The van der Waals surface area contributed by atoms with Gasteiger partial charge in [0.05, 0.1) is 22.6 Å². The van der Waals surface area contributed by atoms with Crippen LogP contribution in [0.15, 0.2) is 53.3 Å². The van der Waals surface area contributed by atoms with Gasteiger partial charge < -0.3 is 4.90 Å². The Morgan fingerprint density at radius 2 is 1.80 bits per heavy atom. The molecule has 41 heavy (non-hydrogen) atoms. The van der Waals surface area contributed by atoms with Gasteiger partial charge in [-0.3, -0.25) is 9.59 Å². The summed E-state index contributed by atoms with van der Waals surface area (Å²) in [4.78, 5) is 43.1. The first-order valence-corrected chi connectivity index (χ1v) is 12.4. The SMILES string of the molecule is Cc1c(Cc2ccc(F)c(C(=O)N3CCn4c(-c5ccccc5)n[n+](OC(=O)C(F)(F)F)c4C3)c2)n[nH]c(=O)c1C. The van der Waals surface area contributed by atoms with Crippen molar-refractivity contribution in [1.82, 2.24) is 24.8 Å². The van der Waals surface area contributed by atoms with Gasteiger partial charge in [0.25, 0.3) is 17.3 Å². The summed E-state index contributed by atoms with van der Waals surface area (Å²) in [6.45, 7) is 3.26. The Hall–Kier alpha value is -4.88. The molecule has 5 rings (SSSR count). The van der Waals surface area contributed by atoms with Crippen LogP contribution in [-0.2, 0) is 24.3 Å². The number of hydrogen-bond donors (Lipinski definition) is 1. The van der Waals surface area contributed by atoms with Crippen molar-refractivity contribution in [2.75, 3.05) is 6.54 Å². The van der Waals surface area contributed by atoms with Crippen LogP contribution in [0.25, 0.3) is 11.4 Å². The molecule has 0 spiro atoms. The number of rotatable bonds is 5. The van der Waals surface area contributed by atoms with E-state index in [4.69, 9.17) is 0 Å². The largest absolute Gasteiger partial charge is 0.496 e. The zero-order valence-electron chi connectivity index (χ0n) is 21.8. The standard InChI is InChI=1S/C27H22F4N6O4/c1-15-16(2)24(38)33-32-21(15)13-17-8-9-20(28)19(12-17)25(39)35-10-11-36-22(14-35)37(41-26(40)27(29,30)31)34-23(36)18-6-4-3-5-7-18/h3-9,12H,10-11,13-14H2,1-2H3/p+1.